The number of hydrogen-bond acceptors (Lipinski definition) is 11. The molecule has 1 aliphatic carbocycles. The molecule has 0 aromatic heterocycles. The Morgan fingerprint density at radius 2 is 1.58 bits per heavy atom. The van der Waals surface area contributed by atoms with Gasteiger partial charge in [-0.15, -0.1) is 0 Å². The number of aliphatic hydroxyl groups excluding tert-OH is 4. The SMILES string of the molecule is C=C/C=C(\C=C)C(=O)OCC1O[C@H](O[C@@H]2CC(O)[C@H](O)C(COC(=O)C3=CCC(C)C=C3)O2)CC(O)[C@@H]1O. The van der Waals surface area contributed by atoms with Gasteiger partial charge in [0.05, 0.1) is 23.4 Å². The zero-order valence-electron chi connectivity index (χ0n) is 21.3. The highest BCUT2D eigenvalue weighted by atomic mass is 16.8. The van der Waals surface area contributed by atoms with Crippen LogP contribution >= 0.6 is 0 Å². The molecule has 0 amide bonds. The van der Waals surface area contributed by atoms with Crippen molar-refractivity contribution in [2.45, 2.75) is 75.4 Å². The van der Waals surface area contributed by atoms with Gasteiger partial charge in [-0.25, -0.2) is 9.59 Å². The van der Waals surface area contributed by atoms with Gasteiger partial charge in [-0.2, -0.15) is 0 Å². The lowest BCUT2D eigenvalue weighted by Gasteiger charge is -2.41. The van der Waals surface area contributed by atoms with E-state index < -0.39 is 61.1 Å². The van der Waals surface area contributed by atoms with Gasteiger partial charge in [0.25, 0.3) is 0 Å². The molecule has 3 rings (SSSR count). The van der Waals surface area contributed by atoms with Crippen LogP contribution in [-0.4, -0.2) is 94.8 Å². The Labute approximate surface area is 221 Å². The van der Waals surface area contributed by atoms with Crippen molar-refractivity contribution in [2.75, 3.05) is 13.2 Å². The summed E-state index contributed by atoms with van der Waals surface area (Å²) in [6.07, 6.45) is 0.376. The van der Waals surface area contributed by atoms with Gasteiger partial charge in [-0.05, 0) is 18.4 Å². The molecular formula is C27H36O11. The first kappa shape index (κ1) is 29.9. The Hall–Kier alpha value is -2.64. The van der Waals surface area contributed by atoms with E-state index in [9.17, 15) is 30.0 Å². The zero-order valence-corrected chi connectivity index (χ0v) is 21.3. The smallest absolute Gasteiger partial charge is 0.338 e. The number of carbonyl (C=O) groups is 2. The molecule has 2 saturated heterocycles. The predicted octanol–water partition coefficient (Wildman–Crippen LogP) is 0.584. The van der Waals surface area contributed by atoms with Crippen LogP contribution in [0.15, 0.2) is 60.8 Å². The molecule has 3 aliphatic rings. The molecule has 210 valence electrons. The van der Waals surface area contributed by atoms with Crippen LogP contribution in [-0.2, 0) is 33.3 Å². The summed E-state index contributed by atoms with van der Waals surface area (Å²) in [6, 6.07) is 0. The molecule has 2 fully saturated rings. The second kappa shape index (κ2) is 13.9. The first-order chi connectivity index (χ1) is 18.1. The minimum Gasteiger partial charge on any atom is -0.459 e. The molecule has 38 heavy (non-hydrogen) atoms. The van der Waals surface area contributed by atoms with E-state index in [1.807, 2.05) is 13.0 Å². The lowest BCUT2D eigenvalue weighted by Crippen LogP contribution is -2.55. The van der Waals surface area contributed by atoms with Crippen molar-refractivity contribution in [3.8, 4) is 0 Å². The molecule has 0 spiro atoms. The minimum absolute atomic E-state index is 0.120. The first-order valence-electron chi connectivity index (χ1n) is 12.5. The van der Waals surface area contributed by atoms with Gasteiger partial charge in [0.15, 0.2) is 12.6 Å². The summed E-state index contributed by atoms with van der Waals surface area (Å²) in [5, 5.41) is 41.3. The molecule has 0 aromatic carbocycles. The lowest BCUT2D eigenvalue weighted by atomic mass is 9.98. The third-order valence-electron chi connectivity index (χ3n) is 6.43. The predicted molar refractivity (Wildman–Crippen MR) is 133 cm³/mol. The number of hydrogen-bond donors (Lipinski definition) is 4. The summed E-state index contributed by atoms with van der Waals surface area (Å²) in [5.41, 5.74) is 0.552. The van der Waals surface area contributed by atoms with Gasteiger partial charge in [0, 0.05) is 12.8 Å². The standard InChI is InChI=1S/C27H36O11/c1-4-6-16(5-2)26(32)34-13-20-24(30)18(28)11-22(36-20)38-23-12-19(29)25(31)21(37-23)14-35-27(33)17-9-7-15(3)8-10-17/h4-7,9-10,15,18-25,28-31H,1-2,8,11-14H2,3H3/b16-6+/t15?,18?,19?,20?,21?,22-,23-,24+,25+/m1/s1. The Morgan fingerprint density at radius 3 is 2.08 bits per heavy atom. The highest BCUT2D eigenvalue weighted by Crippen LogP contribution is 2.28. The van der Waals surface area contributed by atoms with E-state index in [-0.39, 0.29) is 31.6 Å². The normalized spacial score (nSPS) is 35.7. The van der Waals surface area contributed by atoms with E-state index >= 15 is 0 Å². The molecule has 4 N–H and O–H groups in total. The highest BCUT2D eigenvalue weighted by Gasteiger charge is 2.43. The molecule has 0 bridgehead atoms. The maximum absolute atomic E-state index is 12.4. The summed E-state index contributed by atoms with van der Waals surface area (Å²) in [4.78, 5) is 24.5. The van der Waals surface area contributed by atoms with Crippen LogP contribution in [0.1, 0.15) is 26.2 Å². The maximum atomic E-state index is 12.4. The Bertz CT molecular complexity index is 955. The molecule has 9 atom stereocenters. The summed E-state index contributed by atoms with van der Waals surface area (Å²) < 4.78 is 27.6. The van der Waals surface area contributed by atoms with Crippen molar-refractivity contribution < 1.29 is 53.7 Å². The van der Waals surface area contributed by atoms with Gasteiger partial charge < -0.3 is 44.1 Å². The molecule has 0 aromatic rings. The number of rotatable bonds is 10. The van der Waals surface area contributed by atoms with E-state index in [1.54, 1.807) is 12.2 Å². The molecule has 11 heteroatoms. The van der Waals surface area contributed by atoms with Crippen molar-refractivity contribution in [2.24, 2.45) is 5.92 Å². The van der Waals surface area contributed by atoms with Crippen molar-refractivity contribution in [1.82, 2.24) is 0 Å². The Balaban J connectivity index is 1.55. The topological polar surface area (TPSA) is 161 Å². The summed E-state index contributed by atoms with van der Waals surface area (Å²) in [5.74, 6) is -0.961. The average molecular weight is 537 g/mol. The Kier molecular flexibility index (Phi) is 11.0. The lowest BCUT2D eigenvalue weighted by molar-refractivity contribution is -0.334. The van der Waals surface area contributed by atoms with Crippen LogP contribution in [0.4, 0.5) is 0 Å². The largest absolute Gasteiger partial charge is 0.459 e. The monoisotopic (exact) mass is 536 g/mol. The highest BCUT2D eigenvalue weighted by molar-refractivity contribution is 5.92. The fourth-order valence-electron chi connectivity index (χ4n) is 4.16. The maximum Gasteiger partial charge on any atom is 0.338 e. The fraction of sp³-hybridized carbons (Fsp3) is 0.556. The summed E-state index contributed by atoms with van der Waals surface area (Å²) in [6.45, 7) is 8.34. The molecule has 0 radical (unpaired) electrons. The van der Waals surface area contributed by atoms with E-state index in [0.717, 1.165) is 0 Å². The van der Waals surface area contributed by atoms with Crippen LogP contribution in [0, 0.1) is 5.92 Å². The summed E-state index contributed by atoms with van der Waals surface area (Å²) in [7, 11) is 0. The second-order valence-electron chi connectivity index (χ2n) is 9.42. The third kappa shape index (κ3) is 7.93. The van der Waals surface area contributed by atoms with Gasteiger partial charge in [-0.3, -0.25) is 0 Å². The van der Waals surface area contributed by atoms with Gasteiger partial charge in [0.1, 0.15) is 37.6 Å². The molecule has 5 unspecified atom stereocenters. The van der Waals surface area contributed by atoms with Crippen LogP contribution in [0.25, 0.3) is 0 Å². The summed E-state index contributed by atoms with van der Waals surface area (Å²) >= 11 is 0. The second-order valence-corrected chi connectivity index (χ2v) is 9.42. The quantitative estimate of drug-likeness (QED) is 0.176. The van der Waals surface area contributed by atoms with Crippen molar-refractivity contribution in [3.05, 3.63) is 60.8 Å². The molecule has 2 heterocycles. The zero-order chi connectivity index (χ0) is 27.8. The van der Waals surface area contributed by atoms with Crippen molar-refractivity contribution >= 4 is 11.9 Å². The minimum atomic E-state index is -1.35. The number of esters is 2. The van der Waals surface area contributed by atoms with Gasteiger partial charge in [-0.1, -0.05) is 50.5 Å². The van der Waals surface area contributed by atoms with Crippen LogP contribution in [0.3, 0.4) is 0 Å². The van der Waals surface area contributed by atoms with E-state index in [4.69, 9.17) is 23.7 Å². The van der Waals surface area contributed by atoms with Crippen molar-refractivity contribution in [3.63, 3.8) is 0 Å². The Morgan fingerprint density at radius 1 is 1.00 bits per heavy atom. The van der Waals surface area contributed by atoms with Gasteiger partial charge >= 0.3 is 11.9 Å². The average Bonchev–Trinajstić information content (AvgIpc) is 2.89. The molecule has 2 aliphatic heterocycles. The number of aliphatic hydroxyl groups is 4. The van der Waals surface area contributed by atoms with Crippen LogP contribution in [0.5, 0.6) is 0 Å². The molecule has 0 saturated carbocycles. The third-order valence-corrected chi connectivity index (χ3v) is 6.43. The van der Waals surface area contributed by atoms with Crippen molar-refractivity contribution in [1.29, 1.82) is 0 Å². The number of carbonyl (C=O) groups excluding carboxylic acids is 2. The van der Waals surface area contributed by atoms with E-state index in [1.165, 1.54) is 18.2 Å². The van der Waals surface area contributed by atoms with Crippen LogP contribution < -0.4 is 0 Å². The van der Waals surface area contributed by atoms with E-state index in [2.05, 4.69) is 13.2 Å². The van der Waals surface area contributed by atoms with Gasteiger partial charge in [0.2, 0.25) is 0 Å². The fourth-order valence-corrected chi connectivity index (χ4v) is 4.16. The van der Waals surface area contributed by atoms with Crippen LogP contribution in [0.2, 0.25) is 0 Å². The molecular weight excluding hydrogens is 500 g/mol. The van der Waals surface area contributed by atoms with E-state index in [0.29, 0.717) is 17.9 Å². The number of ether oxygens (including phenoxy) is 5. The molecule has 11 nitrogen and oxygen atoms in total. The first-order valence-corrected chi connectivity index (χ1v) is 12.5. The number of allylic oxidation sites excluding steroid dienone is 4.